The second-order valence-electron chi connectivity index (χ2n) is 9.33. The molecule has 0 saturated heterocycles. The zero-order valence-electron chi connectivity index (χ0n) is 18.1. The molecule has 3 rings (SSSR count). The number of hydrogen-bond acceptors (Lipinski definition) is 5. The predicted octanol–water partition coefficient (Wildman–Crippen LogP) is 6.35. The summed E-state index contributed by atoms with van der Waals surface area (Å²) in [4.78, 5) is 16.4. The number of phenolic OH excluding ortho intramolecular Hbond substituents is 1. The van der Waals surface area contributed by atoms with Crippen LogP contribution < -0.4 is 0 Å². The number of aromatic hydroxyl groups is 1. The average molecular weight is 426 g/mol. The Kier molecular flexibility index (Phi) is 5.74. The molecule has 1 heterocycles. The second kappa shape index (κ2) is 7.84. The van der Waals surface area contributed by atoms with E-state index >= 15 is 0 Å². The van der Waals surface area contributed by atoms with E-state index in [0.29, 0.717) is 16.7 Å². The molecule has 6 heteroatoms. The molecule has 0 aliphatic rings. The molecule has 0 amide bonds. The van der Waals surface area contributed by atoms with Crippen molar-refractivity contribution in [3.63, 3.8) is 0 Å². The van der Waals surface area contributed by atoms with Gasteiger partial charge in [-0.05, 0) is 58.5 Å². The predicted molar refractivity (Wildman–Crippen MR) is 121 cm³/mol. The van der Waals surface area contributed by atoms with Gasteiger partial charge in [0, 0.05) is 11.1 Å². The number of carboxylic acids is 1. The summed E-state index contributed by atoms with van der Waals surface area (Å²) in [5.41, 5.74) is 2.95. The summed E-state index contributed by atoms with van der Waals surface area (Å²) in [5.74, 6) is -0.805. The summed E-state index contributed by atoms with van der Waals surface area (Å²) in [6, 6.07) is 11.0. The van der Waals surface area contributed by atoms with Crippen LogP contribution in [0, 0.1) is 0 Å². The van der Waals surface area contributed by atoms with Crippen LogP contribution in [0.3, 0.4) is 0 Å². The van der Waals surface area contributed by atoms with Crippen LogP contribution in [0.5, 0.6) is 5.75 Å². The van der Waals surface area contributed by atoms with Crippen molar-refractivity contribution in [1.29, 1.82) is 0 Å². The molecule has 158 valence electrons. The fraction of sp³-hybridized carbons (Fsp3) is 0.333. The van der Waals surface area contributed by atoms with Gasteiger partial charge >= 0.3 is 5.97 Å². The number of fused-ring (bicyclic) bond motifs is 1. The molecule has 3 aromatic rings. The first-order valence-electron chi connectivity index (χ1n) is 9.72. The van der Waals surface area contributed by atoms with Crippen molar-refractivity contribution in [3.8, 4) is 5.75 Å². The Labute approximate surface area is 180 Å². The van der Waals surface area contributed by atoms with E-state index < -0.39 is 5.97 Å². The minimum atomic E-state index is -1.06. The van der Waals surface area contributed by atoms with Gasteiger partial charge in [-0.15, -0.1) is 0 Å². The van der Waals surface area contributed by atoms with E-state index in [1.807, 2.05) is 71.9 Å². The molecule has 1 aromatic heterocycles. The van der Waals surface area contributed by atoms with Crippen molar-refractivity contribution in [2.75, 3.05) is 0 Å². The Morgan fingerprint density at radius 2 is 1.60 bits per heavy atom. The average Bonchev–Trinajstić information content (AvgIpc) is 3.02. The molecule has 0 saturated carbocycles. The quantitative estimate of drug-likeness (QED) is 0.374. The molecule has 0 aliphatic heterocycles. The molecule has 0 fully saturated rings. The number of hydrogen-bond donors (Lipinski definition) is 2. The third-order valence-electron chi connectivity index (χ3n) is 4.73. The number of para-hydroxylation sites is 2. The summed E-state index contributed by atoms with van der Waals surface area (Å²) in [5, 5.41) is 20.9. The molecule has 5 nitrogen and oxygen atoms in total. The summed E-state index contributed by atoms with van der Waals surface area (Å²) in [6.07, 6.45) is 1.60. The second-order valence-corrected chi connectivity index (χ2v) is 10.3. The van der Waals surface area contributed by atoms with Crippen LogP contribution in [0.4, 0.5) is 0 Å². The van der Waals surface area contributed by atoms with Gasteiger partial charge in [0.05, 0.1) is 0 Å². The van der Waals surface area contributed by atoms with Crippen LogP contribution in [0.25, 0.3) is 17.2 Å². The topological polar surface area (TPSA) is 83.6 Å². The van der Waals surface area contributed by atoms with E-state index in [1.165, 1.54) is 0 Å². The molecule has 0 atom stereocenters. The van der Waals surface area contributed by atoms with Gasteiger partial charge in [0.2, 0.25) is 0 Å². The van der Waals surface area contributed by atoms with Crippen LogP contribution in [-0.4, -0.2) is 21.2 Å². The van der Waals surface area contributed by atoms with E-state index in [9.17, 15) is 15.0 Å². The Hall–Kier alpha value is -2.73. The Bertz CT molecular complexity index is 1060. The molecule has 0 spiro atoms. The maximum atomic E-state index is 11.9. The van der Waals surface area contributed by atoms with Crippen LogP contribution in [-0.2, 0) is 15.6 Å². The molecule has 0 unspecified atom stereocenters. The van der Waals surface area contributed by atoms with Crippen LogP contribution in [0.1, 0.15) is 58.2 Å². The maximum absolute atomic E-state index is 11.9. The van der Waals surface area contributed by atoms with E-state index in [0.717, 1.165) is 22.9 Å². The first kappa shape index (κ1) is 22.0. The van der Waals surface area contributed by atoms with Crippen molar-refractivity contribution in [2.45, 2.75) is 57.6 Å². The number of benzene rings is 2. The lowest BCUT2D eigenvalue weighted by molar-refractivity contribution is -0.131. The highest BCUT2D eigenvalue weighted by Crippen LogP contribution is 2.41. The Morgan fingerprint density at radius 3 is 2.10 bits per heavy atom. The number of oxazole rings is 1. The number of thioether (sulfide) groups is 1. The minimum absolute atomic E-state index is 0.0898. The number of aliphatic carboxylic acids is 1. The summed E-state index contributed by atoms with van der Waals surface area (Å²) >= 11 is 0.970. The Morgan fingerprint density at radius 1 is 1.03 bits per heavy atom. The molecule has 2 aromatic carbocycles. The zero-order valence-corrected chi connectivity index (χ0v) is 18.9. The highest BCUT2D eigenvalue weighted by Gasteiger charge is 2.26. The third kappa shape index (κ3) is 4.70. The number of aromatic nitrogens is 1. The van der Waals surface area contributed by atoms with E-state index in [2.05, 4.69) is 4.98 Å². The van der Waals surface area contributed by atoms with Gasteiger partial charge in [0.15, 0.2) is 5.58 Å². The summed E-state index contributed by atoms with van der Waals surface area (Å²) < 4.78 is 5.67. The number of nitrogens with zero attached hydrogens (tertiary/aromatic N) is 1. The monoisotopic (exact) mass is 425 g/mol. The van der Waals surface area contributed by atoms with Crippen molar-refractivity contribution in [2.24, 2.45) is 0 Å². The van der Waals surface area contributed by atoms with E-state index in [1.54, 1.807) is 12.1 Å². The molecule has 0 radical (unpaired) electrons. The standard InChI is InChI=1S/C24H27NO4S/c1-23(2,3)15-11-14(12-16(20(15)26)24(4,5)6)13-19(21(27)28)30-22-25-17-9-7-8-10-18(17)29-22/h7-13,26H,1-6H3,(H,27,28)/b19-13-. The number of carboxylic acid groups (broad SMARTS) is 1. The molecule has 0 aliphatic carbocycles. The first-order chi connectivity index (χ1) is 13.9. The van der Waals surface area contributed by atoms with Crippen molar-refractivity contribution in [3.05, 3.63) is 58.0 Å². The summed E-state index contributed by atoms with van der Waals surface area (Å²) in [7, 11) is 0. The van der Waals surface area contributed by atoms with Crippen LogP contribution >= 0.6 is 11.8 Å². The third-order valence-corrected chi connectivity index (χ3v) is 5.59. The van der Waals surface area contributed by atoms with Crippen molar-refractivity contribution < 1.29 is 19.4 Å². The van der Waals surface area contributed by atoms with Crippen molar-refractivity contribution >= 4 is 34.9 Å². The van der Waals surface area contributed by atoms with E-state index in [4.69, 9.17) is 4.42 Å². The van der Waals surface area contributed by atoms with E-state index in [-0.39, 0.29) is 26.7 Å². The number of rotatable bonds is 4. The molecule has 0 bridgehead atoms. The lowest BCUT2D eigenvalue weighted by atomic mass is 9.78. The molecule has 2 N–H and O–H groups in total. The van der Waals surface area contributed by atoms with Gasteiger partial charge in [-0.2, -0.15) is 0 Å². The number of carbonyl (C=O) groups is 1. The number of phenols is 1. The molecular weight excluding hydrogens is 398 g/mol. The fourth-order valence-corrected chi connectivity index (χ4v) is 3.90. The molecular formula is C24H27NO4S. The lowest BCUT2D eigenvalue weighted by Gasteiger charge is -2.28. The minimum Gasteiger partial charge on any atom is -0.507 e. The first-order valence-corrected chi connectivity index (χ1v) is 10.5. The van der Waals surface area contributed by atoms with Gasteiger partial charge in [0.1, 0.15) is 16.2 Å². The zero-order chi connectivity index (χ0) is 22.3. The largest absolute Gasteiger partial charge is 0.507 e. The van der Waals surface area contributed by atoms with Gasteiger partial charge in [-0.1, -0.05) is 53.7 Å². The summed E-state index contributed by atoms with van der Waals surface area (Å²) in [6.45, 7) is 12.1. The Balaban J connectivity index is 2.09. The smallest absolute Gasteiger partial charge is 0.342 e. The maximum Gasteiger partial charge on any atom is 0.342 e. The van der Waals surface area contributed by atoms with Crippen LogP contribution in [0.15, 0.2) is 50.9 Å². The van der Waals surface area contributed by atoms with Gasteiger partial charge in [0.25, 0.3) is 5.22 Å². The van der Waals surface area contributed by atoms with Crippen LogP contribution in [0.2, 0.25) is 0 Å². The van der Waals surface area contributed by atoms with Gasteiger partial charge < -0.3 is 14.6 Å². The highest BCUT2D eigenvalue weighted by molar-refractivity contribution is 8.03. The molecule has 30 heavy (non-hydrogen) atoms. The van der Waals surface area contributed by atoms with Crippen molar-refractivity contribution in [1.82, 2.24) is 4.98 Å². The lowest BCUT2D eigenvalue weighted by Crippen LogP contribution is -2.17. The SMILES string of the molecule is CC(C)(C)c1cc(/C=C(\Sc2nc3ccccc3o2)C(=O)O)cc(C(C)(C)C)c1O. The normalized spacial score (nSPS) is 13.1. The fourth-order valence-electron chi connectivity index (χ4n) is 3.16. The van der Waals surface area contributed by atoms with Gasteiger partial charge in [-0.3, -0.25) is 0 Å². The van der Waals surface area contributed by atoms with Gasteiger partial charge in [-0.25, -0.2) is 9.78 Å². The highest BCUT2D eigenvalue weighted by atomic mass is 32.2.